The van der Waals surface area contributed by atoms with E-state index < -0.39 is 0 Å². The van der Waals surface area contributed by atoms with Crippen LogP contribution in [0.3, 0.4) is 0 Å². The minimum Gasteiger partial charge on any atom is -0.351 e. The molecule has 0 saturated carbocycles. The Bertz CT molecular complexity index is 587. The van der Waals surface area contributed by atoms with Gasteiger partial charge < -0.3 is 10.2 Å². The Morgan fingerprint density at radius 3 is 2.78 bits per heavy atom. The number of carbonyl (C=O) groups excluding carboxylic acids is 2. The first-order chi connectivity index (χ1) is 11.1. The zero-order valence-electron chi connectivity index (χ0n) is 13.8. The molecule has 0 unspecified atom stereocenters. The van der Waals surface area contributed by atoms with Crippen molar-refractivity contribution in [1.82, 2.24) is 15.1 Å². The average Bonchev–Trinajstić information content (AvgIpc) is 2.94. The maximum Gasteiger partial charge on any atom is 0.234 e. The normalized spacial score (nSPS) is 21.3. The minimum atomic E-state index is 0.0803. The lowest BCUT2D eigenvalue weighted by Gasteiger charge is -2.37. The predicted octanol–water partition coefficient (Wildman–Crippen LogP) is 1.52. The van der Waals surface area contributed by atoms with Crippen molar-refractivity contribution < 1.29 is 9.59 Å². The Morgan fingerprint density at radius 1 is 1.30 bits per heavy atom. The van der Waals surface area contributed by atoms with Crippen LogP contribution in [-0.4, -0.2) is 47.3 Å². The van der Waals surface area contributed by atoms with Gasteiger partial charge in [-0.2, -0.15) is 0 Å². The molecule has 1 atom stereocenters. The van der Waals surface area contributed by atoms with Crippen LogP contribution in [0.1, 0.15) is 37.3 Å². The number of hydrogen-bond acceptors (Lipinski definition) is 3. The van der Waals surface area contributed by atoms with Gasteiger partial charge in [0.2, 0.25) is 11.8 Å². The topological polar surface area (TPSA) is 52.7 Å². The minimum absolute atomic E-state index is 0.0803. The summed E-state index contributed by atoms with van der Waals surface area (Å²) in [6.07, 6.45) is 2.82. The molecule has 0 radical (unpaired) electrons. The van der Waals surface area contributed by atoms with Crippen molar-refractivity contribution in [3.05, 3.63) is 35.4 Å². The van der Waals surface area contributed by atoms with Crippen LogP contribution < -0.4 is 5.32 Å². The van der Waals surface area contributed by atoms with Crippen molar-refractivity contribution >= 4 is 11.8 Å². The molecule has 0 bridgehead atoms. The second kappa shape index (κ2) is 7.13. The van der Waals surface area contributed by atoms with Crippen molar-refractivity contribution in [3.63, 3.8) is 0 Å². The Balaban J connectivity index is 1.49. The van der Waals surface area contributed by atoms with Gasteiger partial charge in [-0.05, 0) is 30.9 Å². The molecule has 0 aliphatic carbocycles. The highest BCUT2D eigenvalue weighted by Crippen LogP contribution is 2.16. The Labute approximate surface area is 137 Å². The van der Waals surface area contributed by atoms with Crippen LogP contribution in [0.4, 0.5) is 0 Å². The van der Waals surface area contributed by atoms with Crippen LogP contribution in [0, 0.1) is 0 Å². The smallest absolute Gasteiger partial charge is 0.234 e. The summed E-state index contributed by atoms with van der Waals surface area (Å²) >= 11 is 0. The number of likely N-dealkylation sites (tertiary alicyclic amines) is 2. The van der Waals surface area contributed by atoms with E-state index in [-0.39, 0.29) is 11.8 Å². The molecule has 1 aromatic carbocycles. The molecule has 1 N–H and O–H groups in total. The van der Waals surface area contributed by atoms with E-state index in [4.69, 9.17) is 0 Å². The molecule has 1 aromatic rings. The van der Waals surface area contributed by atoms with Gasteiger partial charge in [0.25, 0.3) is 0 Å². The first-order valence-electron chi connectivity index (χ1n) is 8.48. The van der Waals surface area contributed by atoms with E-state index >= 15 is 0 Å². The van der Waals surface area contributed by atoms with E-state index in [1.165, 1.54) is 6.42 Å². The molecule has 3 rings (SSSR count). The lowest BCUT2D eigenvalue weighted by molar-refractivity contribution is -0.128. The third-order valence-corrected chi connectivity index (χ3v) is 4.83. The van der Waals surface area contributed by atoms with Crippen LogP contribution in [0.15, 0.2) is 24.3 Å². The molecule has 0 spiro atoms. The van der Waals surface area contributed by atoms with Crippen LogP contribution in [0.25, 0.3) is 0 Å². The van der Waals surface area contributed by atoms with E-state index in [2.05, 4.69) is 23.2 Å². The van der Waals surface area contributed by atoms with E-state index in [1.54, 1.807) is 0 Å². The lowest BCUT2D eigenvalue weighted by atomic mass is 10.1. The molecule has 2 aliphatic rings. The van der Waals surface area contributed by atoms with Crippen LogP contribution in [0.5, 0.6) is 0 Å². The van der Waals surface area contributed by atoms with E-state index in [1.807, 2.05) is 23.1 Å². The van der Waals surface area contributed by atoms with Gasteiger partial charge in [-0.25, -0.2) is 0 Å². The zero-order chi connectivity index (χ0) is 16.2. The first-order valence-corrected chi connectivity index (χ1v) is 8.48. The second-order valence-electron chi connectivity index (χ2n) is 6.62. The molecule has 124 valence electrons. The van der Waals surface area contributed by atoms with Crippen molar-refractivity contribution in [3.8, 4) is 0 Å². The molecule has 5 heteroatoms. The summed E-state index contributed by atoms with van der Waals surface area (Å²) in [5.41, 5.74) is 2.21. The largest absolute Gasteiger partial charge is 0.351 e. The van der Waals surface area contributed by atoms with E-state index in [0.29, 0.717) is 32.1 Å². The first kappa shape index (κ1) is 16.0. The van der Waals surface area contributed by atoms with Crippen molar-refractivity contribution in [1.29, 1.82) is 0 Å². The van der Waals surface area contributed by atoms with Gasteiger partial charge in [-0.15, -0.1) is 0 Å². The number of hydrogen-bond donors (Lipinski definition) is 1. The third-order valence-electron chi connectivity index (χ3n) is 4.83. The van der Waals surface area contributed by atoms with Crippen molar-refractivity contribution in [2.75, 3.05) is 19.6 Å². The lowest BCUT2D eigenvalue weighted by Crippen LogP contribution is -2.50. The maximum atomic E-state index is 12.0. The summed E-state index contributed by atoms with van der Waals surface area (Å²) in [5.74, 6) is 0.323. The number of benzene rings is 1. The standard InChI is InChI=1S/C18H25N3O2/c1-14-7-9-20(14)13-17(22)19-11-15-4-2-5-16(10-15)12-21-8-3-6-18(21)23/h2,4-5,10,14H,3,6-9,11-13H2,1H3,(H,19,22)/t14-/m0/s1. The Kier molecular flexibility index (Phi) is 4.96. The molecule has 2 heterocycles. The molecule has 5 nitrogen and oxygen atoms in total. The molecule has 2 amide bonds. The number of nitrogens with one attached hydrogen (secondary N) is 1. The summed E-state index contributed by atoms with van der Waals surface area (Å²) in [6.45, 7) is 5.74. The molecular formula is C18H25N3O2. The summed E-state index contributed by atoms with van der Waals surface area (Å²) in [6, 6.07) is 8.66. The summed E-state index contributed by atoms with van der Waals surface area (Å²) in [5, 5.41) is 2.99. The highest BCUT2D eigenvalue weighted by molar-refractivity contribution is 5.78. The van der Waals surface area contributed by atoms with E-state index in [9.17, 15) is 9.59 Å². The van der Waals surface area contributed by atoms with Crippen LogP contribution in [0.2, 0.25) is 0 Å². The quantitative estimate of drug-likeness (QED) is 0.866. The highest BCUT2D eigenvalue weighted by atomic mass is 16.2. The van der Waals surface area contributed by atoms with Gasteiger partial charge >= 0.3 is 0 Å². The zero-order valence-corrected chi connectivity index (χ0v) is 13.8. The van der Waals surface area contributed by atoms with Gasteiger partial charge in [0.05, 0.1) is 6.54 Å². The van der Waals surface area contributed by atoms with Gasteiger partial charge in [0.1, 0.15) is 0 Å². The predicted molar refractivity (Wildman–Crippen MR) is 88.6 cm³/mol. The number of nitrogens with zero attached hydrogens (tertiary/aromatic N) is 2. The summed E-state index contributed by atoms with van der Waals surface area (Å²) in [7, 11) is 0. The highest BCUT2D eigenvalue weighted by Gasteiger charge is 2.25. The van der Waals surface area contributed by atoms with Gasteiger partial charge in [-0.1, -0.05) is 24.3 Å². The third kappa shape index (κ3) is 4.10. The number of rotatable bonds is 6. The molecule has 2 aliphatic heterocycles. The SMILES string of the molecule is C[C@H]1CCN1CC(=O)NCc1cccc(CN2CCCC2=O)c1. The van der Waals surface area contributed by atoms with Crippen LogP contribution >= 0.6 is 0 Å². The Morgan fingerprint density at radius 2 is 2.13 bits per heavy atom. The Hall–Kier alpha value is -1.88. The number of carbonyl (C=O) groups is 2. The van der Waals surface area contributed by atoms with E-state index in [0.717, 1.165) is 30.6 Å². The van der Waals surface area contributed by atoms with Crippen molar-refractivity contribution in [2.45, 2.75) is 45.3 Å². The van der Waals surface area contributed by atoms with Crippen LogP contribution in [-0.2, 0) is 22.7 Å². The molecule has 2 fully saturated rings. The molecule has 2 saturated heterocycles. The van der Waals surface area contributed by atoms with Gasteiger partial charge in [0.15, 0.2) is 0 Å². The fraction of sp³-hybridized carbons (Fsp3) is 0.556. The molecular weight excluding hydrogens is 290 g/mol. The molecule has 0 aromatic heterocycles. The maximum absolute atomic E-state index is 12.0. The van der Waals surface area contributed by atoms with Gasteiger partial charge in [0, 0.05) is 38.6 Å². The van der Waals surface area contributed by atoms with Gasteiger partial charge in [-0.3, -0.25) is 14.5 Å². The van der Waals surface area contributed by atoms with Crippen molar-refractivity contribution in [2.24, 2.45) is 0 Å². The number of amides is 2. The summed E-state index contributed by atoms with van der Waals surface area (Å²) < 4.78 is 0. The second-order valence-corrected chi connectivity index (χ2v) is 6.62. The summed E-state index contributed by atoms with van der Waals surface area (Å²) in [4.78, 5) is 27.8. The monoisotopic (exact) mass is 315 g/mol. The molecule has 23 heavy (non-hydrogen) atoms. The fourth-order valence-electron chi connectivity index (χ4n) is 3.18. The fourth-order valence-corrected chi connectivity index (χ4v) is 3.18. The average molecular weight is 315 g/mol.